The van der Waals surface area contributed by atoms with Crippen LogP contribution in [0.5, 0.6) is 0 Å². The number of amidine groups is 1. The summed E-state index contributed by atoms with van der Waals surface area (Å²) in [6.45, 7) is 3.40. The molecule has 0 saturated carbocycles. The molecular formula is C10H19N3O3. The number of hydrogen-bond acceptors (Lipinski definition) is 4. The van der Waals surface area contributed by atoms with Gasteiger partial charge in [-0.15, -0.1) is 0 Å². The van der Waals surface area contributed by atoms with E-state index < -0.39 is 5.41 Å². The second-order valence-electron chi connectivity index (χ2n) is 4.00. The largest absolute Gasteiger partial charge is 0.409 e. The standard InChI is InChI=1S/C10H19N3O3/c1-3-13(2)9(14)10(8(11)12-15)4-6-16-7-5-10/h15H,3-7H2,1-2H3,(H2,11,12). The van der Waals surface area contributed by atoms with E-state index in [1.807, 2.05) is 6.92 Å². The highest BCUT2D eigenvalue weighted by atomic mass is 16.5. The molecule has 1 heterocycles. The Morgan fingerprint density at radius 3 is 2.56 bits per heavy atom. The predicted octanol–water partition coefficient (Wildman–Crippen LogP) is 0.00790. The number of rotatable bonds is 3. The summed E-state index contributed by atoms with van der Waals surface area (Å²) in [5, 5.41) is 11.8. The zero-order valence-corrected chi connectivity index (χ0v) is 9.77. The molecule has 0 bridgehead atoms. The fourth-order valence-electron chi connectivity index (χ4n) is 1.90. The fourth-order valence-corrected chi connectivity index (χ4v) is 1.90. The fraction of sp³-hybridized carbons (Fsp3) is 0.800. The Hall–Kier alpha value is -1.30. The van der Waals surface area contributed by atoms with Crippen LogP contribution in [0.4, 0.5) is 0 Å². The highest BCUT2D eigenvalue weighted by Crippen LogP contribution is 2.32. The van der Waals surface area contributed by atoms with Gasteiger partial charge < -0.3 is 20.6 Å². The smallest absolute Gasteiger partial charge is 0.236 e. The minimum Gasteiger partial charge on any atom is -0.409 e. The first kappa shape index (κ1) is 12.8. The average Bonchev–Trinajstić information content (AvgIpc) is 2.36. The van der Waals surface area contributed by atoms with E-state index in [0.717, 1.165) is 0 Å². The molecule has 0 aromatic heterocycles. The van der Waals surface area contributed by atoms with E-state index >= 15 is 0 Å². The third-order valence-electron chi connectivity index (χ3n) is 3.17. The lowest BCUT2D eigenvalue weighted by Crippen LogP contribution is -2.53. The van der Waals surface area contributed by atoms with Crippen LogP contribution in [0.2, 0.25) is 0 Å². The van der Waals surface area contributed by atoms with Gasteiger partial charge in [-0.05, 0) is 19.8 Å². The van der Waals surface area contributed by atoms with Crippen LogP contribution in [0.3, 0.4) is 0 Å². The van der Waals surface area contributed by atoms with Crippen LogP contribution in [0, 0.1) is 5.41 Å². The number of ether oxygens (including phenoxy) is 1. The maximum absolute atomic E-state index is 12.2. The molecule has 0 atom stereocenters. The van der Waals surface area contributed by atoms with Crippen molar-refractivity contribution in [3.63, 3.8) is 0 Å². The van der Waals surface area contributed by atoms with Gasteiger partial charge in [0.05, 0.1) is 0 Å². The minimum absolute atomic E-state index is 0.0129. The average molecular weight is 229 g/mol. The zero-order valence-electron chi connectivity index (χ0n) is 9.77. The Morgan fingerprint density at radius 1 is 1.56 bits per heavy atom. The van der Waals surface area contributed by atoms with E-state index in [1.165, 1.54) is 0 Å². The van der Waals surface area contributed by atoms with Crippen molar-refractivity contribution in [2.75, 3.05) is 26.8 Å². The van der Waals surface area contributed by atoms with Gasteiger partial charge in [-0.2, -0.15) is 0 Å². The second-order valence-corrected chi connectivity index (χ2v) is 4.00. The Morgan fingerprint density at radius 2 is 2.12 bits per heavy atom. The molecular weight excluding hydrogens is 210 g/mol. The number of nitrogens with two attached hydrogens (primary N) is 1. The van der Waals surface area contributed by atoms with Gasteiger partial charge in [-0.25, -0.2) is 0 Å². The number of carbonyl (C=O) groups excluding carboxylic acids is 1. The molecule has 0 aliphatic carbocycles. The maximum Gasteiger partial charge on any atom is 0.236 e. The molecule has 16 heavy (non-hydrogen) atoms. The summed E-state index contributed by atoms with van der Waals surface area (Å²) in [6, 6.07) is 0. The van der Waals surface area contributed by atoms with E-state index in [1.54, 1.807) is 11.9 Å². The normalized spacial score (nSPS) is 20.5. The summed E-state index contributed by atoms with van der Waals surface area (Å²) in [4.78, 5) is 13.8. The number of nitrogens with zero attached hydrogens (tertiary/aromatic N) is 2. The van der Waals surface area contributed by atoms with Gasteiger partial charge in [0, 0.05) is 26.8 Å². The second kappa shape index (κ2) is 5.16. The van der Waals surface area contributed by atoms with Crippen molar-refractivity contribution in [1.82, 2.24) is 4.90 Å². The molecule has 3 N–H and O–H groups in total. The molecule has 1 aliphatic rings. The molecule has 92 valence electrons. The predicted molar refractivity (Wildman–Crippen MR) is 59.2 cm³/mol. The summed E-state index contributed by atoms with van der Waals surface area (Å²) in [6.07, 6.45) is 0.929. The highest BCUT2D eigenvalue weighted by Gasteiger charge is 2.45. The monoisotopic (exact) mass is 229 g/mol. The summed E-state index contributed by atoms with van der Waals surface area (Å²) in [5.41, 5.74) is 4.78. The van der Waals surface area contributed by atoms with E-state index in [9.17, 15) is 4.79 Å². The van der Waals surface area contributed by atoms with Crippen molar-refractivity contribution in [1.29, 1.82) is 0 Å². The number of oxime groups is 1. The van der Waals surface area contributed by atoms with Gasteiger partial charge >= 0.3 is 0 Å². The molecule has 1 fully saturated rings. The highest BCUT2D eigenvalue weighted by molar-refractivity contribution is 6.06. The maximum atomic E-state index is 12.2. The number of amides is 1. The lowest BCUT2D eigenvalue weighted by atomic mass is 9.77. The third kappa shape index (κ3) is 2.11. The molecule has 1 aliphatic heterocycles. The Bertz CT molecular complexity index is 285. The van der Waals surface area contributed by atoms with Crippen LogP contribution >= 0.6 is 0 Å². The number of carbonyl (C=O) groups is 1. The van der Waals surface area contributed by atoms with Crippen LogP contribution in [-0.4, -0.2) is 48.7 Å². The summed E-state index contributed by atoms with van der Waals surface area (Å²) >= 11 is 0. The van der Waals surface area contributed by atoms with Gasteiger partial charge in [0.25, 0.3) is 0 Å². The molecule has 6 nitrogen and oxygen atoms in total. The van der Waals surface area contributed by atoms with Gasteiger partial charge in [0.2, 0.25) is 5.91 Å². The van der Waals surface area contributed by atoms with Crippen LogP contribution < -0.4 is 5.73 Å². The molecule has 6 heteroatoms. The molecule has 1 amide bonds. The molecule has 0 unspecified atom stereocenters. The molecule has 1 rings (SSSR count). The van der Waals surface area contributed by atoms with Crippen molar-refractivity contribution >= 4 is 11.7 Å². The van der Waals surface area contributed by atoms with Crippen molar-refractivity contribution < 1.29 is 14.7 Å². The molecule has 1 saturated heterocycles. The van der Waals surface area contributed by atoms with Crippen molar-refractivity contribution in [3.05, 3.63) is 0 Å². The lowest BCUT2D eigenvalue weighted by Gasteiger charge is -2.37. The Balaban J connectivity index is 2.99. The van der Waals surface area contributed by atoms with Gasteiger partial charge in [-0.1, -0.05) is 5.16 Å². The van der Waals surface area contributed by atoms with Crippen LogP contribution in [-0.2, 0) is 9.53 Å². The van der Waals surface area contributed by atoms with Gasteiger partial charge in [0.15, 0.2) is 5.84 Å². The summed E-state index contributed by atoms with van der Waals surface area (Å²) in [5.74, 6) is -0.116. The van der Waals surface area contributed by atoms with Crippen molar-refractivity contribution in [2.45, 2.75) is 19.8 Å². The van der Waals surface area contributed by atoms with E-state index in [4.69, 9.17) is 15.7 Å². The van der Waals surface area contributed by atoms with Gasteiger partial charge in [0.1, 0.15) is 5.41 Å². The van der Waals surface area contributed by atoms with Crippen molar-refractivity contribution in [2.24, 2.45) is 16.3 Å². The Labute approximate surface area is 95.0 Å². The molecule has 0 radical (unpaired) electrons. The van der Waals surface area contributed by atoms with E-state index in [2.05, 4.69) is 5.16 Å². The van der Waals surface area contributed by atoms with Crippen LogP contribution in [0.25, 0.3) is 0 Å². The summed E-state index contributed by atoms with van der Waals surface area (Å²) < 4.78 is 5.22. The summed E-state index contributed by atoms with van der Waals surface area (Å²) in [7, 11) is 1.71. The lowest BCUT2D eigenvalue weighted by molar-refractivity contribution is -0.141. The molecule has 0 spiro atoms. The molecule has 0 aromatic rings. The zero-order chi connectivity index (χ0) is 12.2. The number of hydrogen-bond donors (Lipinski definition) is 2. The molecule has 0 aromatic carbocycles. The van der Waals surface area contributed by atoms with Crippen molar-refractivity contribution in [3.8, 4) is 0 Å². The SMILES string of the molecule is CCN(C)C(=O)C1(C(N)=NO)CCOCC1. The third-order valence-corrected chi connectivity index (χ3v) is 3.17. The van der Waals surface area contributed by atoms with Gasteiger partial charge in [-0.3, -0.25) is 4.79 Å². The first-order valence-electron chi connectivity index (χ1n) is 5.40. The minimum atomic E-state index is -0.891. The first-order valence-corrected chi connectivity index (χ1v) is 5.40. The van der Waals surface area contributed by atoms with Crippen LogP contribution in [0.1, 0.15) is 19.8 Å². The topological polar surface area (TPSA) is 88.2 Å². The van der Waals surface area contributed by atoms with E-state index in [-0.39, 0.29) is 11.7 Å². The quantitative estimate of drug-likeness (QED) is 0.309. The van der Waals surface area contributed by atoms with E-state index in [0.29, 0.717) is 32.6 Å². The van der Waals surface area contributed by atoms with Crippen LogP contribution in [0.15, 0.2) is 5.16 Å². The first-order chi connectivity index (χ1) is 7.58. The Kier molecular flexibility index (Phi) is 4.12.